The maximum absolute atomic E-state index is 5.36. The molecule has 0 amide bonds. The SMILES string of the molecule is CCCCc1[nH]c2c(NCc3ccco3)nc(C)nc2c1C. The average molecular weight is 298 g/mol. The Labute approximate surface area is 130 Å². The number of nitrogens with zero attached hydrogens (tertiary/aromatic N) is 2. The Kier molecular flexibility index (Phi) is 4.13. The summed E-state index contributed by atoms with van der Waals surface area (Å²) in [6, 6.07) is 3.84. The van der Waals surface area contributed by atoms with Crippen LogP contribution < -0.4 is 5.32 Å². The van der Waals surface area contributed by atoms with E-state index in [2.05, 4.69) is 34.1 Å². The number of furan rings is 1. The van der Waals surface area contributed by atoms with Crippen LogP contribution in [0.25, 0.3) is 11.0 Å². The number of nitrogens with one attached hydrogen (secondary N) is 2. The van der Waals surface area contributed by atoms with Gasteiger partial charge in [0.25, 0.3) is 0 Å². The van der Waals surface area contributed by atoms with Crippen molar-refractivity contribution in [2.75, 3.05) is 5.32 Å². The second-order valence-corrected chi connectivity index (χ2v) is 5.61. The number of fused-ring (bicyclic) bond motifs is 1. The molecule has 5 heteroatoms. The third-order valence-electron chi connectivity index (χ3n) is 3.90. The van der Waals surface area contributed by atoms with Gasteiger partial charge in [0.1, 0.15) is 17.1 Å². The monoisotopic (exact) mass is 298 g/mol. The number of aromatic nitrogens is 3. The first-order chi connectivity index (χ1) is 10.7. The zero-order chi connectivity index (χ0) is 15.5. The van der Waals surface area contributed by atoms with Crippen LogP contribution in [0.2, 0.25) is 0 Å². The van der Waals surface area contributed by atoms with Crippen molar-refractivity contribution in [2.24, 2.45) is 0 Å². The highest BCUT2D eigenvalue weighted by Crippen LogP contribution is 2.26. The van der Waals surface area contributed by atoms with Gasteiger partial charge in [-0.2, -0.15) is 0 Å². The van der Waals surface area contributed by atoms with Gasteiger partial charge >= 0.3 is 0 Å². The average Bonchev–Trinajstić information content (AvgIpc) is 3.12. The van der Waals surface area contributed by atoms with Crippen LogP contribution in [0.15, 0.2) is 22.8 Å². The van der Waals surface area contributed by atoms with Gasteiger partial charge in [0, 0.05) is 5.69 Å². The molecule has 0 aromatic carbocycles. The second-order valence-electron chi connectivity index (χ2n) is 5.61. The maximum Gasteiger partial charge on any atom is 0.154 e. The van der Waals surface area contributed by atoms with Crippen molar-refractivity contribution in [3.05, 3.63) is 41.2 Å². The molecule has 3 aromatic heterocycles. The molecule has 0 aliphatic heterocycles. The molecule has 5 nitrogen and oxygen atoms in total. The van der Waals surface area contributed by atoms with Crippen LogP contribution in [-0.4, -0.2) is 15.0 Å². The molecule has 3 rings (SSSR count). The number of aromatic amines is 1. The van der Waals surface area contributed by atoms with E-state index in [0.717, 1.165) is 34.9 Å². The highest BCUT2D eigenvalue weighted by molar-refractivity contribution is 5.89. The van der Waals surface area contributed by atoms with E-state index in [4.69, 9.17) is 4.42 Å². The van der Waals surface area contributed by atoms with E-state index in [9.17, 15) is 0 Å². The molecule has 0 radical (unpaired) electrons. The van der Waals surface area contributed by atoms with Crippen LogP contribution in [0.4, 0.5) is 5.82 Å². The molecule has 0 saturated heterocycles. The fourth-order valence-corrected chi connectivity index (χ4v) is 2.67. The summed E-state index contributed by atoms with van der Waals surface area (Å²) >= 11 is 0. The highest BCUT2D eigenvalue weighted by Gasteiger charge is 2.14. The van der Waals surface area contributed by atoms with Crippen LogP contribution in [0.3, 0.4) is 0 Å². The molecule has 116 valence electrons. The number of H-pyrrole nitrogens is 1. The van der Waals surface area contributed by atoms with Crippen molar-refractivity contribution >= 4 is 16.9 Å². The number of aryl methyl sites for hydroxylation is 3. The Hall–Kier alpha value is -2.30. The summed E-state index contributed by atoms with van der Waals surface area (Å²) < 4.78 is 5.36. The van der Waals surface area contributed by atoms with E-state index in [-0.39, 0.29) is 0 Å². The smallest absolute Gasteiger partial charge is 0.154 e. The van der Waals surface area contributed by atoms with E-state index in [1.807, 2.05) is 19.1 Å². The first-order valence-electron chi connectivity index (χ1n) is 7.81. The number of hydrogen-bond donors (Lipinski definition) is 2. The van der Waals surface area contributed by atoms with Crippen LogP contribution in [0.1, 0.15) is 42.6 Å². The van der Waals surface area contributed by atoms with Crippen LogP contribution in [0, 0.1) is 13.8 Å². The van der Waals surface area contributed by atoms with E-state index in [1.54, 1.807) is 6.26 Å². The summed E-state index contributed by atoms with van der Waals surface area (Å²) in [6.07, 6.45) is 5.09. The summed E-state index contributed by atoms with van der Waals surface area (Å²) in [5, 5.41) is 3.35. The molecule has 0 aliphatic rings. The molecule has 0 bridgehead atoms. The van der Waals surface area contributed by atoms with Crippen LogP contribution in [0.5, 0.6) is 0 Å². The largest absolute Gasteiger partial charge is 0.467 e. The quantitative estimate of drug-likeness (QED) is 0.718. The molecule has 3 aromatic rings. The number of anilines is 1. The fourth-order valence-electron chi connectivity index (χ4n) is 2.67. The second kappa shape index (κ2) is 6.22. The van der Waals surface area contributed by atoms with Gasteiger partial charge in [-0.3, -0.25) is 0 Å². The Morgan fingerprint density at radius 1 is 1.27 bits per heavy atom. The molecule has 0 unspecified atom stereocenters. The molecule has 3 heterocycles. The zero-order valence-electron chi connectivity index (χ0n) is 13.4. The third-order valence-corrected chi connectivity index (χ3v) is 3.90. The molecular formula is C17H22N4O. The summed E-state index contributed by atoms with van der Waals surface area (Å²) in [5.74, 6) is 2.50. The predicted molar refractivity (Wildman–Crippen MR) is 88.0 cm³/mol. The minimum absolute atomic E-state index is 0.612. The molecule has 0 saturated carbocycles. The third kappa shape index (κ3) is 2.84. The van der Waals surface area contributed by atoms with Gasteiger partial charge in [-0.1, -0.05) is 13.3 Å². The molecule has 0 atom stereocenters. The molecular weight excluding hydrogens is 276 g/mol. The summed E-state index contributed by atoms with van der Waals surface area (Å²) in [7, 11) is 0. The highest BCUT2D eigenvalue weighted by atomic mass is 16.3. The van der Waals surface area contributed by atoms with E-state index >= 15 is 0 Å². The lowest BCUT2D eigenvalue weighted by Crippen LogP contribution is -2.03. The Morgan fingerprint density at radius 2 is 2.14 bits per heavy atom. The number of unbranched alkanes of at least 4 members (excludes halogenated alkanes) is 1. The van der Waals surface area contributed by atoms with E-state index in [1.165, 1.54) is 24.1 Å². The van der Waals surface area contributed by atoms with Crippen LogP contribution >= 0.6 is 0 Å². The van der Waals surface area contributed by atoms with Crippen LogP contribution in [-0.2, 0) is 13.0 Å². The zero-order valence-corrected chi connectivity index (χ0v) is 13.4. The van der Waals surface area contributed by atoms with Gasteiger partial charge in [-0.15, -0.1) is 0 Å². The summed E-state index contributed by atoms with van der Waals surface area (Å²) in [4.78, 5) is 12.7. The number of rotatable bonds is 6. The summed E-state index contributed by atoms with van der Waals surface area (Å²) in [5.41, 5.74) is 4.49. The van der Waals surface area contributed by atoms with Crippen molar-refractivity contribution in [3.8, 4) is 0 Å². The van der Waals surface area contributed by atoms with Crippen molar-refractivity contribution in [1.82, 2.24) is 15.0 Å². The number of hydrogen-bond acceptors (Lipinski definition) is 4. The summed E-state index contributed by atoms with van der Waals surface area (Å²) in [6.45, 7) is 6.88. The standard InChI is InChI=1S/C17H22N4O/c1-4-5-8-14-11(2)15-16(21-14)17(20-12(3)19-15)18-10-13-7-6-9-22-13/h6-7,9,21H,4-5,8,10H2,1-3H3,(H,18,19,20). The van der Waals surface area contributed by atoms with Gasteiger partial charge in [0.2, 0.25) is 0 Å². The van der Waals surface area contributed by atoms with E-state index in [0.29, 0.717) is 6.54 Å². The predicted octanol–water partition coefficient (Wildman–Crippen LogP) is 4.12. The lowest BCUT2D eigenvalue weighted by atomic mass is 10.1. The molecule has 0 aliphatic carbocycles. The topological polar surface area (TPSA) is 66.7 Å². The maximum atomic E-state index is 5.36. The van der Waals surface area contributed by atoms with Gasteiger partial charge < -0.3 is 14.7 Å². The molecule has 2 N–H and O–H groups in total. The minimum Gasteiger partial charge on any atom is -0.467 e. The lowest BCUT2D eigenvalue weighted by molar-refractivity contribution is 0.518. The first kappa shape index (κ1) is 14.6. The van der Waals surface area contributed by atoms with Gasteiger partial charge in [-0.25, -0.2) is 9.97 Å². The Balaban J connectivity index is 1.94. The Morgan fingerprint density at radius 3 is 2.86 bits per heavy atom. The fraction of sp³-hybridized carbons (Fsp3) is 0.412. The normalized spacial score (nSPS) is 11.2. The van der Waals surface area contributed by atoms with Crippen molar-refractivity contribution in [1.29, 1.82) is 0 Å². The van der Waals surface area contributed by atoms with Gasteiger partial charge in [0.15, 0.2) is 5.82 Å². The van der Waals surface area contributed by atoms with Crippen molar-refractivity contribution < 1.29 is 4.42 Å². The van der Waals surface area contributed by atoms with Gasteiger partial charge in [-0.05, 0) is 44.4 Å². The first-order valence-corrected chi connectivity index (χ1v) is 7.81. The Bertz CT molecular complexity index is 759. The van der Waals surface area contributed by atoms with E-state index < -0.39 is 0 Å². The molecule has 22 heavy (non-hydrogen) atoms. The lowest BCUT2D eigenvalue weighted by Gasteiger charge is -2.06. The van der Waals surface area contributed by atoms with Crippen molar-refractivity contribution in [3.63, 3.8) is 0 Å². The van der Waals surface area contributed by atoms with Gasteiger partial charge in [0.05, 0.1) is 18.3 Å². The molecule has 0 spiro atoms. The molecule has 0 fully saturated rings. The minimum atomic E-state index is 0.612. The van der Waals surface area contributed by atoms with Crippen molar-refractivity contribution in [2.45, 2.75) is 46.6 Å².